The Kier molecular flexibility index (Phi) is 9.04. The van der Waals surface area contributed by atoms with Crippen LogP contribution in [-0.4, -0.2) is 20.2 Å². The van der Waals surface area contributed by atoms with Crippen LogP contribution in [0, 0.1) is 0 Å². The van der Waals surface area contributed by atoms with Gasteiger partial charge in [0.1, 0.15) is 5.75 Å². The molecular formula is C19H24ClNO. The van der Waals surface area contributed by atoms with Crippen LogP contribution in [-0.2, 0) is 6.42 Å². The predicted octanol–water partition coefficient (Wildman–Crippen LogP) is -0.0914. The minimum absolute atomic E-state index is 0. The van der Waals surface area contributed by atoms with Crippen LogP contribution in [0.5, 0.6) is 5.75 Å². The fourth-order valence-corrected chi connectivity index (χ4v) is 2.33. The molecular weight excluding hydrogens is 294 g/mol. The number of aryl methyl sites for hydroxylation is 1. The van der Waals surface area contributed by atoms with Gasteiger partial charge in [0.2, 0.25) is 0 Å². The summed E-state index contributed by atoms with van der Waals surface area (Å²) < 4.78 is 5.37. The molecule has 0 unspecified atom stereocenters. The van der Waals surface area contributed by atoms with E-state index < -0.39 is 0 Å². The average Bonchev–Trinajstić information content (AvgIpc) is 2.55. The summed E-state index contributed by atoms with van der Waals surface area (Å²) >= 11 is 0. The zero-order valence-corrected chi connectivity index (χ0v) is 13.8. The summed E-state index contributed by atoms with van der Waals surface area (Å²) in [7, 11) is 1.74. The number of hydrogen-bond acceptors (Lipinski definition) is 1. The Hall–Kier alpha value is -1.77. The number of ether oxygens (including phenoxy) is 1. The van der Waals surface area contributed by atoms with Crippen LogP contribution in [0.3, 0.4) is 0 Å². The van der Waals surface area contributed by atoms with E-state index in [9.17, 15) is 0 Å². The van der Waals surface area contributed by atoms with Crippen molar-refractivity contribution in [1.82, 2.24) is 0 Å². The Morgan fingerprint density at radius 1 is 1.00 bits per heavy atom. The normalized spacial score (nSPS) is 10.4. The maximum atomic E-state index is 5.37. The SMILES string of the molecule is COc1ccccc1CCC[NH2+]C/C=C/c1ccccc1.[Cl-]. The number of quaternary nitrogens is 1. The molecule has 2 rings (SSSR count). The maximum Gasteiger partial charge on any atom is 0.122 e. The van der Waals surface area contributed by atoms with Gasteiger partial charge >= 0.3 is 0 Å². The lowest BCUT2D eigenvalue weighted by molar-refractivity contribution is -0.646. The second-order valence-electron chi connectivity index (χ2n) is 5.04. The van der Waals surface area contributed by atoms with E-state index in [1.165, 1.54) is 17.5 Å². The van der Waals surface area contributed by atoms with Crippen molar-refractivity contribution < 1.29 is 22.5 Å². The molecule has 0 aromatic heterocycles. The number of hydrogen-bond donors (Lipinski definition) is 1. The van der Waals surface area contributed by atoms with Gasteiger partial charge in [0.25, 0.3) is 0 Å². The van der Waals surface area contributed by atoms with Gasteiger partial charge in [0, 0.05) is 6.42 Å². The smallest absolute Gasteiger partial charge is 0.122 e. The van der Waals surface area contributed by atoms with E-state index in [1.54, 1.807) is 7.11 Å². The van der Waals surface area contributed by atoms with Gasteiger partial charge in [0.05, 0.1) is 20.2 Å². The highest BCUT2D eigenvalue weighted by Crippen LogP contribution is 2.18. The summed E-state index contributed by atoms with van der Waals surface area (Å²) in [5.74, 6) is 1.00. The van der Waals surface area contributed by atoms with Crippen molar-refractivity contribution in [3.05, 3.63) is 71.8 Å². The van der Waals surface area contributed by atoms with Crippen LogP contribution in [0.25, 0.3) is 6.08 Å². The molecule has 22 heavy (non-hydrogen) atoms. The quantitative estimate of drug-likeness (QED) is 0.677. The molecule has 3 heteroatoms. The Morgan fingerprint density at radius 2 is 1.73 bits per heavy atom. The fraction of sp³-hybridized carbons (Fsp3) is 0.263. The molecule has 0 fully saturated rings. The minimum atomic E-state index is 0. The molecule has 0 aliphatic heterocycles. The molecule has 2 aromatic carbocycles. The first kappa shape index (κ1) is 18.3. The monoisotopic (exact) mass is 317 g/mol. The lowest BCUT2D eigenvalue weighted by Gasteiger charge is -2.07. The van der Waals surface area contributed by atoms with Crippen molar-refractivity contribution in [2.24, 2.45) is 0 Å². The van der Waals surface area contributed by atoms with Crippen molar-refractivity contribution in [2.45, 2.75) is 12.8 Å². The predicted molar refractivity (Wildman–Crippen MR) is 88.5 cm³/mol. The standard InChI is InChI=1S/C19H23NO.ClH/c1-21-19-14-6-5-12-18(19)13-8-16-20-15-7-11-17-9-3-2-4-10-17;/h2-7,9-12,14,20H,8,13,15-16H2,1H3;1H/b11-7+;. The van der Waals surface area contributed by atoms with E-state index in [2.05, 4.69) is 53.9 Å². The molecule has 2 nitrogen and oxygen atoms in total. The average molecular weight is 318 g/mol. The van der Waals surface area contributed by atoms with Gasteiger partial charge in [-0.05, 0) is 29.7 Å². The first-order valence-electron chi connectivity index (χ1n) is 7.55. The Bertz CT molecular complexity index is 554. The van der Waals surface area contributed by atoms with Crippen LogP contribution < -0.4 is 22.5 Å². The molecule has 0 radical (unpaired) electrons. The fourth-order valence-electron chi connectivity index (χ4n) is 2.33. The molecule has 118 valence electrons. The molecule has 0 saturated heterocycles. The summed E-state index contributed by atoms with van der Waals surface area (Å²) in [5.41, 5.74) is 2.56. The van der Waals surface area contributed by atoms with Crippen molar-refractivity contribution in [1.29, 1.82) is 0 Å². The largest absolute Gasteiger partial charge is 1.00 e. The molecule has 0 aliphatic rings. The molecule has 0 bridgehead atoms. The van der Waals surface area contributed by atoms with Crippen LogP contribution in [0.4, 0.5) is 0 Å². The van der Waals surface area contributed by atoms with E-state index in [-0.39, 0.29) is 12.4 Å². The van der Waals surface area contributed by atoms with Crippen LogP contribution >= 0.6 is 0 Å². The number of halogens is 1. The lowest BCUT2D eigenvalue weighted by atomic mass is 10.1. The third-order valence-electron chi connectivity index (χ3n) is 3.46. The molecule has 2 aromatic rings. The van der Waals surface area contributed by atoms with E-state index in [0.717, 1.165) is 25.3 Å². The van der Waals surface area contributed by atoms with Crippen LogP contribution in [0.2, 0.25) is 0 Å². The maximum absolute atomic E-state index is 5.37. The Balaban J connectivity index is 0.00000242. The van der Waals surface area contributed by atoms with Gasteiger partial charge in [-0.2, -0.15) is 0 Å². The number of rotatable bonds is 8. The van der Waals surface area contributed by atoms with Gasteiger partial charge in [-0.15, -0.1) is 0 Å². The van der Waals surface area contributed by atoms with Crippen molar-refractivity contribution in [3.8, 4) is 5.75 Å². The highest BCUT2D eigenvalue weighted by molar-refractivity contribution is 5.48. The van der Waals surface area contributed by atoms with E-state index in [0.29, 0.717) is 0 Å². The zero-order chi connectivity index (χ0) is 14.8. The number of benzene rings is 2. The third kappa shape index (κ3) is 6.33. The van der Waals surface area contributed by atoms with Gasteiger partial charge in [-0.1, -0.05) is 54.6 Å². The van der Waals surface area contributed by atoms with Crippen LogP contribution in [0.1, 0.15) is 17.5 Å². The summed E-state index contributed by atoms with van der Waals surface area (Å²) in [6.45, 7) is 2.16. The zero-order valence-electron chi connectivity index (χ0n) is 13.0. The summed E-state index contributed by atoms with van der Waals surface area (Å²) in [6.07, 6.45) is 6.64. The van der Waals surface area contributed by atoms with Gasteiger partial charge in [-0.3, -0.25) is 0 Å². The van der Waals surface area contributed by atoms with Gasteiger partial charge < -0.3 is 22.5 Å². The summed E-state index contributed by atoms with van der Waals surface area (Å²) in [6, 6.07) is 18.7. The summed E-state index contributed by atoms with van der Waals surface area (Å²) in [4.78, 5) is 0. The van der Waals surface area contributed by atoms with Crippen molar-refractivity contribution in [2.75, 3.05) is 20.2 Å². The molecule has 2 N–H and O–H groups in total. The molecule has 0 atom stereocenters. The summed E-state index contributed by atoms with van der Waals surface area (Å²) in [5, 5.41) is 2.34. The molecule has 0 amide bonds. The van der Waals surface area contributed by atoms with Crippen LogP contribution in [0.15, 0.2) is 60.7 Å². The van der Waals surface area contributed by atoms with Crippen molar-refractivity contribution in [3.63, 3.8) is 0 Å². The number of methoxy groups -OCH3 is 1. The topological polar surface area (TPSA) is 25.8 Å². The first-order chi connectivity index (χ1) is 10.4. The number of para-hydroxylation sites is 1. The lowest BCUT2D eigenvalue weighted by Crippen LogP contribution is -3.00. The molecule has 0 aliphatic carbocycles. The second-order valence-corrected chi connectivity index (χ2v) is 5.04. The second kappa shape index (κ2) is 10.9. The highest BCUT2D eigenvalue weighted by Gasteiger charge is 2.01. The van der Waals surface area contributed by atoms with E-state index in [4.69, 9.17) is 4.74 Å². The van der Waals surface area contributed by atoms with E-state index in [1.807, 2.05) is 18.2 Å². The van der Waals surface area contributed by atoms with E-state index >= 15 is 0 Å². The molecule has 0 saturated carbocycles. The van der Waals surface area contributed by atoms with Crippen molar-refractivity contribution >= 4 is 6.08 Å². The van der Waals surface area contributed by atoms with Gasteiger partial charge in [0.15, 0.2) is 0 Å². The highest BCUT2D eigenvalue weighted by atomic mass is 35.5. The third-order valence-corrected chi connectivity index (χ3v) is 3.46. The number of nitrogens with two attached hydrogens (primary N) is 1. The molecule has 0 heterocycles. The Morgan fingerprint density at radius 3 is 2.50 bits per heavy atom. The van der Waals surface area contributed by atoms with Gasteiger partial charge in [-0.25, -0.2) is 0 Å². The first-order valence-corrected chi connectivity index (χ1v) is 7.55. The molecule has 0 spiro atoms. The Labute approximate surface area is 139 Å². The minimum Gasteiger partial charge on any atom is -1.00 e.